The molecule has 7 heteroatoms. The minimum atomic E-state index is 0. The number of halogens is 1. The van der Waals surface area contributed by atoms with Crippen molar-refractivity contribution in [1.82, 2.24) is 15.5 Å². The number of rotatable bonds is 10. The predicted octanol–water partition coefficient (Wildman–Crippen LogP) is 3.27. The van der Waals surface area contributed by atoms with Gasteiger partial charge in [0.15, 0.2) is 5.96 Å². The molecular weight excluding hydrogens is 491 g/mol. The third-order valence-corrected chi connectivity index (χ3v) is 5.91. The van der Waals surface area contributed by atoms with Crippen LogP contribution in [0.4, 0.5) is 0 Å². The highest BCUT2D eigenvalue weighted by atomic mass is 127. The summed E-state index contributed by atoms with van der Waals surface area (Å²) in [6.45, 7) is 7.48. The Bertz CT molecular complexity index is 596. The van der Waals surface area contributed by atoms with E-state index >= 15 is 0 Å². The molecule has 0 amide bonds. The van der Waals surface area contributed by atoms with Gasteiger partial charge in [0.1, 0.15) is 0 Å². The Balaban J connectivity index is 0.00000320. The first-order valence-corrected chi connectivity index (χ1v) is 11.2. The largest absolute Gasteiger partial charge is 0.381 e. The van der Waals surface area contributed by atoms with Gasteiger partial charge in [-0.15, -0.1) is 24.0 Å². The Kier molecular flexibility index (Phi) is 12.7. The molecule has 2 saturated heterocycles. The standard InChI is InChI=1S/C23H38N4O2.HI/c1-24-23(25-12-6-14-29-19-21-10-15-28-16-11-21)26-17-22-9-5-13-27(22)18-20-7-3-2-4-8-20;/h2-4,7-8,21-22H,5-6,9-19H2,1H3,(H2,24,25,26);1H. The van der Waals surface area contributed by atoms with E-state index in [4.69, 9.17) is 9.47 Å². The number of hydrogen-bond acceptors (Lipinski definition) is 4. The number of guanidine groups is 1. The van der Waals surface area contributed by atoms with Gasteiger partial charge >= 0.3 is 0 Å². The van der Waals surface area contributed by atoms with Crippen LogP contribution in [0.1, 0.15) is 37.7 Å². The van der Waals surface area contributed by atoms with Crippen molar-refractivity contribution < 1.29 is 9.47 Å². The van der Waals surface area contributed by atoms with E-state index in [0.717, 1.165) is 71.3 Å². The van der Waals surface area contributed by atoms with Crippen LogP contribution in [0.5, 0.6) is 0 Å². The molecule has 0 aliphatic carbocycles. The lowest BCUT2D eigenvalue weighted by Gasteiger charge is -2.25. The van der Waals surface area contributed by atoms with E-state index in [1.165, 1.54) is 24.9 Å². The monoisotopic (exact) mass is 530 g/mol. The van der Waals surface area contributed by atoms with Gasteiger partial charge in [-0.3, -0.25) is 9.89 Å². The normalized spacial score (nSPS) is 20.7. The summed E-state index contributed by atoms with van der Waals surface area (Å²) in [5.41, 5.74) is 1.39. The van der Waals surface area contributed by atoms with Gasteiger partial charge < -0.3 is 20.1 Å². The molecule has 0 saturated carbocycles. The highest BCUT2D eigenvalue weighted by Gasteiger charge is 2.24. The topological polar surface area (TPSA) is 58.1 Å². The Hall–Kier alpha value is -0.900. The van der Waals surface area contributed by atoms with Gasteiger partial charge in [-0.1, -0.05) is 30.3 Å². The smallest absolute Gasteiger partial charge is 0.191 e. The number of hydrogen-bond donors (Lipinski definition) is 2. The van der Waals surface area contributed by atoms with E-state index < -0.39 is 0 Å². The minimum absolute atomic E-state index is 0. The number of aliphatic imine (C=N–C) groups is 1. The maximum atomic E-state index is 5.84. The lowest BCUT2D eigenvalue weighted by atomic mass is 10.0. The van der Waals surface area contributed by atoms with E-state index in [0.29, 0.717) is 12.0 Å². The molecular formula is C23H39IN4O2. The molecule has 0 aromatic heterocycles. The van der Waals surface area contributed by atoms with Crippen LogP contribution in [0, 0.1) is 5.92 Å². The Morgan fingerprint density at radius 1 is 1.17 bits per heavy atom. The van der Waals surface area contributed by atoms with Crippen molar-refractivity contribution in [2.24, 2.45) is 10.9 Å². The van der Waals surface area contributed by atoms with Gasteiger partial charge in [-0.25, -0.2) is 0 Å². The fraction of sp³-hybridized carbons (Fsp3) is 0.696. The molecule has 0 spiro atoms. The Morgan fingerprint density at radius 2 is 1.97 bits per heavy atom. The van der Waals surface area contributed by atoms with E-state index in [-0.39, 0.29) is 24.0 Å². The molecule has 0 radical (unpaired) electrons. The Morgan fingerprint density at radius 3 is 2.73 bits per heavy atom. The summed E-state index contributed by atoms with van der Waals surface area (Å²) in [6.07, 6.45) is 5.79. The molecule has 1 aromatic carbocycles. The second kappa shape index (κ2) is 15.0. The highest BCUT2D eigenvalue weighted by molar-refractivity contribution is 14.0. The molecule has 1 aromatic rings. The van der Waals surface area contributed by atoms with Gasteiger partial charge in [0, 0.05) is 59.2 Å². The fourth-order valence-corrected chi connectivity index (χ4v) is 4.13. The zero-order chi connectivity index (χ0) is 20.2. The molecule has 1 atom stereocenters. The third-order valence-electron chi connectivity index (χ3n) is 5.91. The molecule has 2 fully saturated rings. The second-order valence-electron chi connectivity index (χ2n) is 8.12. The van der Waals surface area contributed by atoms with Crippen LogP contribution in [0.15, 0.2) is 35.3 Å². The van der Waals surface area contributed by atoms with Crippen molar-refractivity contribution in [2.45, 2.75) is 44.7 Å². The van der Waals surface area contributed by atoms with Crippen molar-refractivity contribution in [1.29, 1.82) is 0 Å². The van der Waals surface area contributed by atoms with E-state index in [2.05, 4.69) is 50.9 Å². The first kappa shape index (κ1) is 25.4. The molecule has 30 heavy (non-hydrogen) atoms. The predicted molar refractivity (Wildman–Crippen MR) is 134 cm³/mol. The van der Waals surface area contributed by atoms with Gasteiger partial charge in [0.2, 0.25) is 0 Å². The lowest BCUT2D eigenvalue weighted by Crippen LogP contribution is -2.45. The third kappa shape index (κ3) is 9.08. The molecule has 170 valence electrons. The summed E-state index contributed by atoms with van der Waals surface area (Å²) in [6, 6.07) is 11.3. The summed E-state index contributed by atoms with van der Waals surface area (Å²) < 4.78 is 11.2. The highest BCUT2D eigenvalue weighted by Crippen LogP contribution is 2.19. The van der Waals surface area contributed by atoms with E-state index in [1.807, 2.05) is 7.05 Å². The van der Waals surface area contributed by atoms with Crippen molar-refractivity contribution in [3.63, 3.8) is 0 Å². The van der Waals surface area contributed by atoms with Crippen LogP contribution in [-0.4, -0.2) is 70.0 Å². The van der Waals surface area contributed by atoms with Gasteiger partial charge in [0.25, 0.3) is 0 Å². The van der Waals surface area contributed by atoms with E-state index in [9.17, 15) is 0 Å². The minimum Gasteiger partial charge on any atom is -0.381 e. The number of nitrogens with one attached hydrogen (secondary N) is 2. The molecule has 0 bridgehead atoms. The average Bonchev–Trinajstić information content (AvgIpc) is 3.21. The molecule has 6 nitrogen and oxygen atoms in total. The summed E-state index contributed by atoms with van der Waals surface area (Å²) in [7, 11) is 1.84. The zero-order valence-corrected chi connectivity index (χ0v) is 20.7. The van der Waals surface area contributed by atoms with Crippen LogP contribution in [0.3, 0.4) is 0 Å². The number of nitrogens with zero attached hydrogens (tertiary/aromatic N) is 2. The van der Waals surface area contributed by atoms with Crippen LogP contribution in [0.2, 0.25) is 0 Å². The fourth-order valence-electron chi connectivity index (χ4n) is 4.13. The number of likely N-dealkylation sites (tertiary alicyclic amines) is 1. The summed E-state index contributed by atoms with van der Waals surface area (Å²) in [5, 5.41) is 6.93. The quantitative estimate of drug-likeness (QED) is 0.211. The van der Waals surface area contributed by atoms with Crippen molar-refractivity contribution in [3.8, 4) is 0 Å². The summed E-state index contributed by atoms with van der Waals surface area (Å²) >= 11 is 0. The first-order valence-electron chi connectivity index (χ1n) is 11.2. The maximum absolute atomic E-state index is 5.84. The molecule has 2 heterocycles. The molecule has 2 aliphatic heterocycles. The molecule has 1 unspecified atom stereocenters. The summed E-state index contributed by atoms with van der Waals surface area (Å²) in [4.78, 5) is 6.95. The number of ether oxygens (including phenoxy) is 2. The molecule has 2 aliphatic rings. The zero-order valence-electron chi connectivity index (χ0n) is 18.4. The van der Waals surface area contributed by atoms with Crippen LogP contribution in [0.25, 0.3) is 0 Å². The van der Waals surface area contributed by atoms with Crippen LogP contribution in [-0.2, 0) is 16.0 Å². The lowest BCUT2D eigenvalue weighted by molar-refractivity contribution is 0.0203. The SMILES string of the molecule is CN=C(NCCCOCC1CCOCC1)NCC1CCCN1Cc1ccccc1.I. The van der Waals surface area contributed by atoms with Gasteiger partial charge in [-0.05, 0) is 50.1 Å². The van der Waals surface area contributed by atoms with E-state index in [1.54, 1.807) is 0 Å². The van der Waals surface area contributed by atoms with Gasteiger partial charge in [-0.2, -0.15) is 0 Å². The van der Waals surface area contributed by atoms with Crippen molar-refractivity contribution >= 4 is 29.9 Å². The first-order chi connectivity index (χ1) is 14.3. The van der Waals surface area contributed by atoms with Crippen molar-refractivity contribution in [2.75, 3.05) is 53.1 Å². The number of benzene rings is 1. The van der Waals surface area contributed by atoms with Gasteiger partial charge in [0.05, 0.1) is 0 Å². The average molecular weight is 530 g/mol. The maximum Gasteiger partial charge on any atom is 0.191 e. The van der Waals surface area contributed by atoms with Crippen LogP contribution >= 0.6 is 24.0 Å². The second-order valence-corrected chi connectivity index (χ2v) is 8.12. The molecule has 3 rings (SSSR count). The summed E-state index contributed by atoms with van der Waals surface area (Å²) in [5.74, 6) is 1.57. The molecule has 2 N–H and O–H groups in total. The van der Waals surface area contributed by atoms with Crippen molar-refractivity contribution in [3.05, 3.63) is 35.9 Å². The van der Waals surface area contributed by atoms with Crippen LogP contribution < -0.4 is 10.6 Å². The Labute approximate surface area is 199 Å².